The molecular formula is C12H15ClFNO3S. The van der Waals surface area contributed by atoms with Crippen LogP contribution in [-0.4, -0.2) is 37.0 Å². The van der Waals surface area contributed by atoms with Gasteiger partial charge in [-0.3, -0.25) is 0 Å². The zero-order chi connectivity index (χ0) is 14.2. The van der Waals surface area contributed by atoms with E-state index in [1.165, 1.54) is 12.1 Å². The number of aliphatic hydroxyl groups excluding tert-OH is 1. The zero-order valence-corrected chi connectivity index (χ0v) is 12.0. The van der Waals surface area contributed by atoms with Crippen molar-refractivity contribution in [1.82, 2.24) is 4.31 Å². The number of nitrogens with zero attached hydrogens (tertiary/aromatic N) is 1. The molecule has 0 aromatic heterocycles. The standard InChI is InChI=1S/C12H15ClFNO3S/c1-8-5-6-15(7-11(8)16)19(17,18)12-9(13)3-2-4-10(12)14/h2-4,8,11,16H,5-7H2,1H3/t8-,11+/m1/s1. The largest absolute Gasteiger partial charge is 0.391 e. The van der Waals surface area contributed by atoms with Crippen molar-refractivity contribution in [1.29, 1.82) is 0 Å². The minimum atomic E-state index is -4.01. The van der Waals surface area contributed by atoms with Gasteiger partial charge in [0.1, 0.15) is 10.7 Å². The molecule has 0 spiro atoms. The molecule has 1 aliphatic heterocycles. The monoisotopic (exact) mass is 307 g/mol. The number of hydrogen-bond donors (Lipinski definition) is 1. The lowest BCUT2D eigenvalue weighted by Gasteiger charge is -2.33. The smallest absolute Gasteiger partial charge is 0.247 e. The van der Waals surface area contributed by atoms with Crippen LogP contribution < -0.4 is 0 Å². The number of hydrogen-bond acceptors (Lipinski definition) is 3. The second-order valence-corrected chi connectivity index (χ2v) is 7.03. The molecule has 1 heterocycles. The van der Waals surface area contributed by atoms with Crippen molar-refractivity contribution in [3.63, 3.8) is 0 Å². The van der Waals surface area contributed by atoms with Gasteiger partial charge in [-0.25, -0.2) is 12.8 Å². The van der Waals surface area contributed by atoms with E-state index in [0.717, 1.165) is 10.4 Å². The summed E-state index contributed by atoms with van der Waals surface area (Å²) in [5, 5.41) is 9.62. The van der Waals surface area contributed by atoms with Gasteiger partial charge in [-0.1, -0.05) is 24.6 Å². The molecule has 0 amide bonds. The lowest BCUT2D eigenvalue weighted by molar-refractivity contribution is 0.0604. The van der Waals surface area contributed by atoms with E-state index < -0.39 is 26.8 Å². The SMILES string of the molecule is C[C@@H]1CCN(S(=O)(=O)c2c(F)cccc2Cl)C[C@@H]1O. The van der Waals surface area contributed by atoms with Gasteiger partial charge in [-0.2, -0.15) is 4.31 Å². The van der Waals surface area contributed by atoms with E-state index in [2.05, 4.69) is 0 Å². The van der Waals surface area contributed by atoms with Gasteiger partial charge >= 0.3 is 0 Å². The van der Waals surface area contributed by atoms with Crippen molar-refractivity contribution in [2.45, 2.75) is 24.3 Å². The quantitative estimate of drug-likeness (QED) is 0.907. The minimum Gasteiger partial charge on any atom is -0.391 e. The van der Waals surface area contributed by atoms with Gasteiger partial charge in [-0.05, 0) is 24.5 Å². The van der Waals surface area contributed by atoms with E-state index in [1.807, 2.05) is 6.92 Å². The average molecular weight is 308 g/mol. The Labute approximate surface area is 116 Å². The van der Waals surface area contributed by atoms with Gasteiger partial charge in [0.2, 0.25) is 10.0 Å². The third kappa shape index (κ3) is 2.76. The number of piperidine rings is 1. The van der Waals surface area contributed by atoms with Gasteiger partial charge in [0.25, 0.3) is 0 Å². The van der Waals surface area contributed by atoms with Crippen LogP contribution in [0.5, 0.6) is 0 Å². The van der Waals surface area contributed by atoms with Crippen LogP contribution in [0.25, 0.3) is 0 Å². The molecule has 0 saturated carbocycles. The molecule has 0 unspecified atom stereocenters. The Bertz CT molecular complexity index is 558. The van der Waals surface area contributed by atoms with Crippen molar-refractivity contribution in [3.8, 4) is 0 Å². The summed E-state index contributed by atoms with van der Waals surface area (Å²) in [5.74, 6) is -0.844. The second-order valence-electron chi connectivity index (χ2n) is 4.75. The maximum atomic E-state index is 13.7. The van der Waals surface area contributed by atoms with Crippen LogP contribution in [0.3, 0.4) is 0 Å². The Balaban J connectivity index is 2.38. The molecule has 0 radical (unpaired) electrons. The van der Waals surface area contributed by atoms with Gasteiger partial charge in [0.15, 0.2) is 0 Å². The first-order valence-electron chi connectivity index (χ1n) is 5.96. The van der Waals surface area contributed by atoms with Gasteiger partial charge in [0, 0.05) is 13.1 Å². The summed E-state index contributed by atoms with van der Waals surface area (Å²) in [4.78, 5) is -0.515. The third-order valence-corrected chi connectivity index (χ3v) is 5.77. The molecule has 19 heavy (non-hydrogen) atoms. The van der Waals surface area contributed by atoms with Crippen molar-refractivity contribution >= 4 is 21.6 Å². The van der Waals surface area contributed by atoms with Crippen molar-refractivity contribution in [2.75, 3.05) is 13.1 Å². The van der Waals surface area contributed by atoms with Gasteiger partial charge < -0.3 is 5.11 Å². The molecular weight excluding hydrogens is 293 g/mol. The van der Waals surface area contributed by atoms with Crippen molar-refractivity contribution in [3.05, 3.63) is 29.0 Å². The summed E-state index contributed by atoms with van der Waals surface area (Å²) < 4.78 is 39.6. The molecule has 7 heteroatoms. The molecule has 0 bridgehead atoms. The average Bonchev–Trinajstić information content (AvgIpc) is 2.32. The summed E-state index contributed by atoms with van der Waals surface area (Å²) in [6.07, 6.45) is -0.207. The third-order valence-electron chi connectivity index (χ3n) is 3.40. The molecule has 1 fully saturated rings. The molecule has 106 valence electrons. The Morgan fingerprint density at radius 1 is 1.47 bits per heavy atom. The number of rotatable bonds is 2. The Morgan fingerprint density at radius 2 is 2.16 bits per heavy atom. The lowest BCUT2D eigenvalue weighted by Crippen LogP contribution is -2.45. The van der Waals surface area contributed by atoms with E-state index in [9.17, 15) is 17.9 Å². The van der Waals surface area contributed by atoms with Crippen LogP contribution in [0.1, 0.15) is 13.3 Å². The molecule has 0 aliphatic carbocycles. The summed E-state index contributed by atoms with van der Waals surface area (Å²) in [6.45, 7) is 2.07. The number of aliphatic hydroxyl groups is 1. The molecule has 1 saturated heterocycles. The van der Waals surface area contributed by atoms with E-state index in [4.69, 9.17) is 11.6 Å². The maximum Gasteiger partial charge on any atom is 0.247 e. The van der Waals surface area contributed by atoms with E-state index in [-0.39, 0.29) is 24.0 Å². The first-order chi connectivity index (χ1) is 8.84. The highest BCUT2D eigenvalue weighted by molar-refractivity contribution is 7.89. The normalized spacial score (nSPS) is 25.5. The number of sulfonamides is 1. The van der Waals surface area contributed by atoms with Crippen molar-refractivity contribution in [2.24, 2.45) is 5.92 Å². The van der Waals surface area contributed by atoms with Crippen LogP contribution in [0, 0.1) is 11.7 Å². The fourth-order valence-electron chi connectivity index (χ4n) is 2.10. The molecule has 4 nitrogen and oxygen atoms in total. The Hall–Kier alpha value is -0.690. The number of β-amino-alcohol motifs (C(OH)–C–C–N with tert-alkyl or cyclic N) is 1. The topological polar surface area (TPSA) is 57.6 Å². The van der Waals surface area contributed by atoms with Crippen LogP contribution >= 0.6 is 11.6 Å². The Kier molecular flexibility index (Phi) is 4.15. The minimum absolute atomic E-state index is 0.0301. The first kappa shape index (κ1) is 14.7. The molecule has 1 aromatic rings. The number of halogens is 2. The number of benzene rings is 1. The van der Waals surface area contributed by atoms with Crippen LogP contribution in [0.15, 0.2) is 23.1 Å². The van der Waals surface area contributed by atoms with Crippen molar-refractivity contribution < 1.29 is 17.9 Å². The fraction of sp³-hybridized carbons (Fsp3) is 0.500. The van der Waals surface area contributed by atoms with E-state index in [1.54, 1.807) is 0 Å². The van der Waals surface area contributed by atoms with Gasteiger partial charge in [0.05, 0.1) is 11.1 Å². The first-order valence-corrected chi connectivity index (χ1v) is 7.78. The van der Waals surface area contributed by atoms with Gasteiger partial charge in [-0.15, -0.1) is 0 Å². The molecule has 1 aromatic carbocycles. The predicted molar refractivity (Wildman–Crippen MR) is 70.0 cm³/mol. The molecule has 1 N–H and O–H groups in total. The predicted octanol–water partition coefficient (Wildman–Crippen LogP) is 1.87. The molecule has 2 atom stereocenters. The molecule has 1 aliphatic rings. The summed E-state index contributed by atoms with van der Waals surface area (Å²) in [7, 11) is -4.01. The zero-order valence-electron chi connectivity index (χ0n) is 10.4. The highest BCUT2D eigenvalue weighted by Gasteiger charge is 2.35. The summed E-state index contributed by atoms with van der Waals surface area (Å²) in [6, 6.07) is 3.74. The van der Waals surface area contributed by atoms with E-state index >= 15 is 0 Å². The lowest BCUT2D eigenvalue weighted by atomic mass is 9.98. The summed E-state index contributed by atoms with van der Waals surface area (Å²) in [5.41, 5.74) is 0. The second kappa shape index (κ2) is 5.36. The molecule has 2 rings (SSSR count). The maximum absolute atomic E-state index is 13.7. The summed E-state index contributed by atoms with van der Waals surface area (Å²) >= 11 is 5.79. The van der Waals surface area contributed by atoms with E-state index in [0.29, 0.717) is 6.42 Å². The van der Waals surface area contributed by atoms with Crippen LogP contribution in [0.4, 0.5) is 4.39 Å². The highest BCUT2D eigenvalue weighted by Crippen LogP contribution is 2.30. The van der Waals surface area contributed by atoms with Crippen LogP contribution in [0.2, 0.25) is 5.02 Å². The Morgan fingerprint density at radius 3 is 2.74 bits per heavy atom. The fourth-order valence-corrected chi connectivity index (χ4v) is 4.13. The van der Waals surface area contributed by atoms with Crippen LogP contribution in [-0.2, 0) is 10.0 Å². The highest BCUT2D eigenvalue weighted by atomic mass is 35.5.